The van der Waals surface area contributed by atoms with Crippen molar-refractivity contribution in [3.8, 4) is 0 Å². The smallest absolute Gasteiger partial charge is 0.337 e. The molecule has 1 aliphatic rings. The van der Waals surface area contributed by atoms with Gasteiger partial charge in [-0.25, -0.2) is 13.2 Å². The molecule has 1 saturated heterocycles. The van der Waals surface area contributed by atoms with Crippen molar-refractivity contribution in [2.45, 2.75) is 38.0 Å². The maximum Gasteiger partial charge on any atom is 0.337 e. The number of carbonyl (C=O) groups excluding carboxylic acids is 2. The van der Waals surface area contributed by atoms with Gasteiger partial charge in [0.1, 0.15) is 0 Å². The summed E-state index contributed by atoms with van der Waals surface area (Å²) in [4.78, 5) is 26.8. The Labute approximate surface area is 195 Å². The zero-order chi connectivity index (χ0) is 24.0. The number of hydrogen-bond donors (Lipinski definition) is 1. The number of esters is 1. The van der Waals surface area contributed by atoms with Crippen molar-refractivity contribution in [1.29, 1.82) is 0 Å². The van der Waals surface area contributed by atoms with Crippen molar-refractivity contribution in [2.24, 2.45) is 0 Å². The van der Waals surface area contributed by atoms with Crippen LogP contribution in [-0.2, 0) is 14.8 Å². The van der Waals surface area contributed by atoms with E-state index in [1.807, 2.05) is 18.7 Å². The van der Waals surface area contributed by atoms with Gasteiger partial charge in [0, 0.05) is 31.7 Å². The van der Waals surface area contributed by atoms with E-state index in [4.69, 9.17) is 0 Å². The topological polar surface area (TPSA) is 96.0 Å². The number of methoxy groups -OCH3 is 1. The second-order valence-corrected chi connectivity index (χ2v) is 9.78. The first-order valence-corrected chi connectivity index (χ1v) is 12.6. The molecule has 0 aliphatic carbocycles. The maximum atomic E-state index is 13.2. The molecule has 3 rings (SSSR count). The summed E-state index contributed by atoms with van der Waals surface area (Å²) < 4.78 is 32.6. The van der Waals surface area contributed by atoms with Crippen LogP contribution in [-0.4, -0.2) is 57.9 Å². The third-order valence-corrected chi connectivity index (χ3v) is 7.74. The number of benzene rings is 2. The highest BCUT2D eigenvalue weighted by molar-refractivity contribution is 7.89. The minimum absolute atomic E-state index is 0.164. The second-order valence-electron chi connectivity index (χ2n) is 7.84. The van der Waals surface area contributed by atoms with Crippen molar-refractivity contribution in [2.75, 3.05) is 43.5 Å². The summed E-state index contributed by atoms with van der Waals surface area (Å²) in [5.41, 5.74) is 1.86. The molecular formula is C24H31N3O5S. The fourth-order valence-electron chi connectivity index (χ4n) is 3.94. The first kappa shape index (κ1) is 24.7. The molecule has 0 atom stereocenters. The average molecular weight is 474 g/mol. The fourth-order valence-corrected chi connectivity index (χ4v) is 5.48. The van der Waals surface area contributed by atoms with Crippen LogP contribution in [0.15, 0.2) is 47.4 Å². The van der Waals surface area contributed by atoms with Gasteiger partial charge in [-0.3, -0.25) is 4.79 Å². The van der Waals surface area contributed by atoms with Crippen LogP contribution in [0.1, 0.15) is 53.8 Å². The average Bonchev–Trinajstić information content (AvgIpc) is 2.85. The van der Waals surface area contributed by atoms with E-state index in [0.29, 0.717) is 43.0 Å². The second kappa shape index (κ2) is 10.8. The van der Waals surface area contributed by atoms with Gasteiger partial charge in [-0.2, -0.15) is 4.31 Å². The number of piperidine rings is 1. The Morgan fingerprint density at radius 1 is 0.970 bits per heavy atom. The number of ether oxygens (including phenoxy) is 1. The van der Waals surface area contributed by atoms with Crippen LogP contribution in [0.3, 0.4) is 0 Å². The number of amides is 1. The molecule has 2 aromatic rings. The number of hydrogen-bond acceptors (Lipinski definition) is 6. The largest absolute Gasteiger partial charge is 0.465 e. The zero-order valence-corrected chi connectivity index (χ0v) is 20.2. The van der Waals surface area contributed by atoms with Crippen molar-refractivity contribution in [3.63, 3.8) is 0 Å². The number of carbonyl (C=O) groups is 2. The predicted octanol–water partition coefficient (Wildman–Crippen LogP) is 3.75. The van der Waals surface area contributed by atoms with Crippen molar-refractivity contribution < 1.29 is 22.7 Å². The number of rotatable bonds is 8. The Bertz CT molecular complexity index is 1090. The Morgan fingerprint density at radius 2 is 1.58 bits per heavy atom. The van der Waals surface area contributed by atoms with Crippen molar-refractivity contribution in [1.82, 2.24) is 4.31 Å². The SMILES string of the molecule is CCN(CC)c1ccc(S(=O)(=O)N2CCCCC2)cc1NC(=O)c1ccc(C(=O)OC)cc1. The van der Waals surface area contributed by atoms with E-state index in [-0.39, 0.29) is 4.90 Å². The summed E-state index contributed by atoms with van der Waals surface area (Å²) in [5, 5.41) is 2.87. The van der Waals surface area contributed by atoms with Gasteiger partial charge in [-0.1, -0.05) is 6.42 Å². The van der Waals surface area contributed by atoms with Crippen LogP contribution >= 0.6 is 0 Å². The number of sulfonamides is 1. The highest BCUT2D eigenvalue weighted by atomic mass is 32.2. The van der Waals surface area contributed by atoms with E-state index in [2.05, 4.69) is 10.1 Å². The Hall–Kier alpha value is -2.91. The molecule has 0 aromatic heterocycles. The van der Waals surface area contributed by atoms with E-state index < -0.39 is 21.9 Å². The number of anilines is 2. The summed E-state index contributed by atoms with van der Waals surface area (Å²) in [6, 6.07) is 11.0. The van der Waals surface area contributed by atoms with Crippen LogP contribution in [0, 0.1) is 0 Å². The summed E-state index contributed by atoms with van der Waals surface area (Å²) in [6.45, 7) is 6.41. The van der Waals surface area contributed by atoms with Gasteiger partial charge in [-0.05, 0) is 69.2 Å². The molecule has 33 heavy (non-hydrogen) atoms. The molecule has 0 spiro atoms. The van der Waals surface area contributed by atoms with Gasteiger partial charge >= 0.3 is 5.97 Å². The van der Waals surface area contributed by atoms with Gasteiger partial charge in [-0.15, -0.1) is 0 Å². The van der Waals surface area contributed by atoms with Gasteiger partial charge in [0.25, 0.3) is 5.91 Å². The first-order chi connectivity index (χ1) is 15.8. The molecule has 1 amide bonds. The molecule has 1 N–H and O–H groups in total. The molecule has 2 aromatic carbocycles. The van der Waals surface area contributed by atoms with E-state index in [0.717, 1.165) is 24.9 Å². The zero-order valence-electron chi connectivity index (χ0n) is 19.3. The number of nitrogens with zero attached hydrogens (tertiary/aromatic N) is 2. The normalized spacial score (nSPS) is 14.5. The third kappa shape index (κ3) is 5.54. The lowest BCUT2D eigenvalue weighted by Crippen LogP contribution is -2.35. The molecule has 0 unspecified atom stereocenters. The highest BCUT2D eigenvalue weighted by Gasteiger charge is 2.27. The molecule has 0 saturated carbocycles. The number of nitrogens with one attached hydrogen (secondary N) is 1. The van der Waals surface area contributed by atoms with Crippen LogP contribution < -0.4 is 10.2 Å². The van der Waals surface area contributed by atoms with E-state index in [1.165, 1.54) is 41.7 Å². The standard InChI is InChI=1S/C24H31N3O5S/c1-4-26(5-2)22-14-13-20(33(30,31)27-15-7-6-8-16-27)17-21(22)25-23(28)18-9-11-19(12-10-18)24(29)32-3/h9-14,17H,4-8,15-16H2,1-3H3,(H,25,28). The summed E-state index contributed by atoms with van der Waals surface area (Å²) in [6.07, 6.45) is 2.73. The lowest BCUT2D eigenvalue weighted by atomic mass is 10.1. The predicted molar refractivity (Wildman–Crippen MR) is 128 cm³/mol. The van der Waals surface area contributed by atoms with Gasteiger partial charge in [0.05, 0.1) is 28.9 Å². The van der Waals surface area contributed by atoms with Crippen molar-refractivity contribution in [3.05, 3.63) is 53.6 Å². The van der Waals surface area contributed by atoms with Crippen molar-refractivity contribution >= 4 is 33.3 Å². The molecule has 178 valence electrons. The van der Waals surface area contributed by atoms with Gasteiger partial charge < -0.3 is 15.0 Å². The minimum atomic E-state index is -3.65. The minimum Gasteiger partial charge on any atom is -0.465 e. The highest BCUT2D eigenvalue weighted by Crippen LogP contribution is 2.31. The molecule has 1 aliphatic heterocycles. The Morgan fingerprint density at radius 3 is 2.15 bits per heavy atom. The molecule has 1 heterocycles. The quantitative estimate of drug-likeness (QED) is 0.587. The fraction of sp³-hybridized carbons (Fsp3) is 0.417. The lowest BCUT2D eigenvalue weighted by Gasteiger charge is -2.28. The van der Waals surface area contributed by atoms with Gasteiger partial charge in [0.15, 0.2) is 0 Å². The molecular weight excluding hydrogens is 442 g/mol. The lowest BCUT2D eigenvalue weighted by molar-refractivity contribution is 0.0600. The molecule has 1 fully saturated rings. The molecule has 9 heteroatoms. The van der Waals surface area contributed by atoms with Crippen LogP contribution in [0.5, 0.6) is 0 Å². The summed E-state index contributed by atoms with van der Waals surface area (Å²) >= 11 is 0. The molecule has 0 radical (unpaired) electrons. The Balaban J connectivity index is 1.94. The van der Waals surface area contributed by atoms with E-state index >= 15 is 0 Å². The van der Waals surface area contributed by atoms with Gasteiger partial charge in [0.2, 0.25) is 10.0 Å². The third-order valence-electron chi connectivity index (χ3n) is 5.84. The molecule has 8 nitrogen and oxygen atoms in total. The van der Waals surface area contributed by atoms with Crippen LogP contribution in [0.4, 0.5) is 11.4 Å². The summed E-state index contributed by atoms with van der Waals surface area (Å²) in [5.74, 6) is -0.881. The van der Waals surface area contributed by atoms with Crippen LogP contribution in [0.25, 0.3) is 0 Å². The van der Waals surface area contributed by atoms with Crippen LogP contribution in [0.2, 0.25) is 0 Å². The molecule has 0 bridgehead atoms. The van der Waals surface area contributed by atoms with E-state index in [9.17, 15) is 18.0 Å². The maximum absolute atomic E-state index is 13.2. The monoisotopic (exact) mass is 473 g/mol. The Kier molecular flexibility index (Phi) is 8.10. The summed E-state index contributed by atoms with van der Waals surface area (Å²) in [7, 11) is -2.35. The van der Waals surface area contributed by atoms with E-state index in [1.54, 1.807) is 12.1 Å². The first-order valence-electron chi connectivity index (χ1n) is 11.2.